The van der Waals surface area contributed by atoms with Crippen molar-refractivity contribution in [2.24, 2.45) is 29.6 Å². The quantitative estimate of drug-likeness (QED) is 0.904. The van der Waals surface area contributed by atoms with Crippen LogP contribution in [0.15, 0.2) is 4.52 Å². The molecule has 4 aliphatic rings. The van der Waals surface area contributed by atoms with E-state index in [9.17, 15) is 0 Å². The first-order valence-corrected chi connectivity index (χ1v) is 7.91. The summed E-state index contributed by atoms with van der Waals surface area (Å²) in [5.41, 5.74) is 7.88. The first-order valence-electron chi connectivity index (χ1n) is 7.91. The van der Waals surface area contributed by atoms with Crippen molar-refractivity contribution in [1.29, 1.82) is 0 Å². The maximum absolute atomic E-state index is 5.74. The molecule has 4 fully saturated rings. The number of anilines is 1. The van der Waals surface area contributed by atoms with Gasteiger partial charge < -0.3 is 10.3 Å². The predicted molar refractivity (Wildman–Crippen MR) is 74.5 cm³/mol. The van der Waals surface area contributed by atoms with Crippen molar-refractivity contribution < 1.29 is 4.52 Å². The first-order chi connectivity index (χ1) is 9.20. The Balaban J connectivity index is 1.45. The van der Waals surface area contributed by atoms with Gasteiger partial charge in [0.05, 0.1) is 5.69 Å². The van der Waals surface area contributed by atoms with Gasteiger partial charge in [-0.15, -0.1) is 0 Å². The van der Waals surface area contributed by atoms with E-state index < -0.39 is 0 Å². The van der Waals surface area contributed by atoms with Crippen molar-refractivity contribution in [3.63, 3.8) is 0 Å². The summed E-state index contributed by atoms with van der Waals surface area (Å²) in [6, 6.07) is 0. The van der Waals surface area contributed by atoms with Gasteiger partial charge in [0.25, 0.3) is 0 Å². The molecule has 1 heterocycles. The third-order valence-electron chi connectivity index (χ3n) is 6.19. The molecule has 1 aromatic heterocycles. The topological polar surface area (TPSA) is 52.0 Å². The zero-order valence-electron chi connectivity index (χ0n) is 11.8. The van der Waals surface area contributed by atoms with Crippen molar-refractivity contribution in [2.75, 3.05) is 5.73 Å². The van der Waals surface area contributed by atoms with Crippen molar-refractivity contribution in [3.05, 3.63) is 11.3 Å². The SMILES string of the molecule is Cc1c(CCC2C3CC4CC(C3)CC2C4)noc1N. The fourth-order valence-corrected chi connectivity index (χ4v) is 5.43. The number of hydrogen-bond acceptors (Lipinski definition) is 3. The van der Waals surface area contributed by atoms with Crippen molar-refractivity contribution in [2.45, 2.75) is 51.9 Å². The molecular weight excluding hydrogens is 236 g/mol. The van der Waals surface area contributed by atoms with Crippen molar-refractivity contribution in [1.82, 2.24) is 5.16 Å². The van der Waals surface area contributed by atoms with E-state index >= 15 is 0 Å². The molecule has 2 N–H and O–H groups in total. The van der Waals surface area contributed by atoms with E-state index in [1.807, 2.05) is 6.92 Å². The Morgan fingerprint density at radius 3 is 2.26 bits per heavy atom. The Hall–Kier alpha value is -0.990. The van der Waals surface area contributed by atoms with Crippen LogP contribution in [0.3, 0.4) is 0 Å². The lowest BCUT2D eigenvalue weighted by Crippen LogP contribution is -2.45. The van der Waals surface area contributed by atoms with Crippen LogP contribution >= 0.6 is 0 Å². The molecule has 0 atom stereocenters. The minimum Gasteiger partial charge on any atom is -0.367 e. The van der Waals surface area contributed by atoms with Gasteiger partial charge in [-0.1, -0.05) is 5.16 Å². The molecule has 5 rings (SSSR count). The monoisotopic (exact) mass is 260 g/mol. The van der Waals surface area contributed by atoms with Crippen molar-refractivity contribution >= 4 is 5.88 Å². The summed E-state index contributed by atoms with van der Waals surface area (Å²) >= 11 is 0. The van der Waals surface area contributed by atoms with E-state index in [1.165, 1.54) is 32.1 Å². The number of nitrogen functional groups attached to an aromatic ring is 1. The van der Waals surface area contributed by atoms with Crippen LogP contribution in [0.1, 0.15) is 49.8 Å². The van der Waals surface area contributed by atoms with Gasteiger partial charge in [-0.3, -0.25) is 0 Å². The Kier molecular flexibility index (Phi) is 2.64. The van der Waals surface area contributed by atoms with Gasteiger partial charge in [-0.25, -0.2) is 0 Å². The summed E-state index contributed by atoms with van der Waals surface area (Å²) in [4.78, 5) is 0. The third-order valence-corrected chi connectivity index (χ3v) is 6.19. The highest BCUT2D eigenvalue weighted by Gasteiger charge is 2.47. The largest absolute Gasteiger partial charge is 0.367 e. The molecule has 0 radical (unpaired) electrons. The van der Waals surface area contributed by atoms with Crippen LogP contribution in [0.25, 0.3) is 0 Å². The summed E-state index contributed by atoms with van der Waals surface area (Å²) in [6.45, 7) is 2.03. The molecule has 0 aliphatic heterocycles. The molecule has 0 saturated heterocycles. The highest BCUT2D eigenvalue weighted by Crippen LogP contribution is 2.57. The lowest BCUT2D eigenvalue weighted by molar-refractivity contribution is -0.0395. The number of aromatic nitrogens is 1. The first kappa shape index (κ1) is 11.8. The average molecular weight is 260 g/mol. The smallest absolute Gasteiger partial charge is 0.225 e. The minimum atomic E-state index is 0.500. The Morgan fingerprint density at radius 1 is 1.11 bits per heavy atom. The molecule has 1 aromatic rings. The van der Waals surface area contributed by atoms with Gasteiger partial charge in [0, 0.05) is 5.56 Å². The molecule has 3 heteroatoms. The molecule has 104 valence electrons. The van der Waals surface area contributed by atoms with E-state index in [-0.39, 0.29) is 0 Å². The summed E-state index contributed by atoms with van der Waals surface area (Å²) < 4.78 is 5.08. The lowest BCUT2D eigenvalue weighted by atomic mass is 9.51. The molecule has 4 saturated carbocycles. The lowest BCUT2D eigenvalue weighted by Gasteiger charge is -2.54. The minimum absolute atomic E-state index is 0.500. The fourth-order valence-electron chi connectivity index (χ4n) is 5.43. The molecule has 0 amide bonds. The van der Waals surface area contributed by atoms with E-state index in [4.69, 9.17) is 10.3 Å². The molecule has 3 nitrogen and oxygen atoms in total. The van der Waals surface area contributed by atoms with Gasteiger partial charge in [0.15, 0.2) is 0 Å². The number of nitrogens with two attached hydrogens (primary N) is 1. The second-order valence-corrected chi connectivity index (χ2v) is 7.25. The van der Waals surface area contributed by atoms with Gasteiger partial charge in [-0.05, 0) is 81.5 Å². The summed E-state index contributed by atoms with van der Waals surface area (Å²) in [6.07, 6.45) is 9.93. The van der Waals surface area contributed by atoms with Gasteiger partial charge in [-0.2, -0.15) is 0 Å². The van der Waals surface area contributed by atoms with E-state index in [2.05, 4.69) is 5.16 Å². The second-order valence-electron chi connectivity index (χ2n) is 7.25. The highest BCUT2D eigenvalue weighted by atomic mass is 16.5. The number of hydrogen-bond donors (Lipinski definition) is 1. The summed E-state index contributed by atoms with van der Waals surface area (Å²) in [5, 5.41) is 4.12. The Labute approximate surface area is 114 Å². The molecule has 0 aromatic carbocycles. The number of nitrogens with zero attached hydrogens (tertiary/aromatic N) is 1. The fraction of sp³-hybridized carbons (Fsp3) is 0.812. The number of aryl methyl sites for hydroxylation is 1. The molecule has 4 aliphatic carbocycles. The third kappa shape index (κ3) is 1.89. The van der Waals surface area contributed by atoms with Crippen molar-refractivity contribution in [3.8, 4) is 0 Å². The van der Waals surface area contributed by atoms with Crippen LogP contribution in [-0.2, 0) is 6.42 Å². The molecular formula is C16H24N2O. The zero-order valence-corrected chi connectivity index (χ0v) is 11.8. The van der Waals surface area contributed by atoms with E-state index in [1.54, 1.807) is 6.42 Å². The van der Waals surface area contributed by atoms with Crippen LogP contribution in [0, 0.1) is 36.5 Å². The van der Waals surface area contributed by atoms with E-state index in [0.717, 1.165) is 47.3 Å². The van der Waals surface area contributed by atoms with Gasteiger partial charge in [0.1, 0.15) is 0 Å². The maximum Gasteiger partial charge on any atom is 0.225 e. The summed E-state index contributed by atoms with van der Waals surface area (Å²) in [5.74, 6) is 5.62. The molecule has 4 bridgehead atoms. The van der Waals surface area contributed by atoms with Crippen LogP contribution < -0.4 is 5.73 Å². The maximum atomic E-state index is 5.74. The van der Waals surface area contributed by atoms with Gasteiger partial charge in [0.2, 0.25) is 5.88 Å². The highest BCUT2D eigenvalue weighted by molar-refractivity contribution is 5.37. The van der Waals surface area contributed by atoms with Crippen LogP contribution in [0.4, 0.5) is 5.88 Å². The average Bonchev–Trinajstić information content (AvgIpc) is 2.69. The standard InChI is InChI=1S/C16H24N2O/c1-9-15(18-19-16(9)17)3-2-14-12-5-10-4-11(7-12)8-13(14)6-10/h10-14H,2-8,17H2,1H3. The molecule has 0 unspecified atom stereocenters. The summed E-state index contributed by atoms with van der Waals surface area (Å²) in [7, 11) is 0. The zero-order chi connectivity index (χ0) is 13.0. The number of rotatable bonds is 3. The Bertz CT molecular complexity index is 451. The van der Waals surface area contributed by atoms with Crippen LogP contribution in [-0.4, -0.2) is 5.16 Å². The van der Waals surface area contributed by atoms with Crippen LogP contribution in [0.2, 0.25) is 0 Å². The van der Waals surface area contributed by atoms with Gasteiger partial charge >= 0.3 is 0 Å². The van der Waals surface area contributed by atoms with Crippen LogP contribution in [0.5, 0.6) is 0 Å². The normalized spacial score (nSPS) is 39.9. The second kappa shape index (κ2) is 4.26. The predicted octanol–water partition coefficient (Wildman–Crippen LogP) is 3.57. The molecule has 19 heavy (non-hydrogen) atoms. The molecule has 0 spiro atoms. The Morgan fingerprint density at radius 2 is 1.74 bits per heavy atom. The van der Waals surface area contributed by atoms with E-state index in [0.29, 0.717) is 5.88 Å².